The molecule has 0 aromatic carbocycles. The summed E-state index contributed by atoms with van der Waals surface area (Å²) in [5.41, 5.74) is 1.49. The van der Waals surface area contributed by atoms with Crippen molar-refractivity contribution >= 4 is 29.1 Å². The number of hydrogen-bond acceptors (Lipinski definition) is 6. The first-order valence-electron chi connectivity index (χ1n) is 10.4. The lowest BCUT2D eigenvalue weighted by molar-refractivity contribution is 0.0724. The van der Waals surface area contributed by atoms with E-state index < -0.39 is 0 Å². The molecule has 0 bridgehead atoms. The number of anilines is 2. The van der Waals surface area contributed by atoms with Crippen molar-refractivity contribution in [2.45, 2.75) is 32.6 Å². The second-order valence-corrected chi connectivity index (χ2v) is 8.15. The highest BCUT2D eigenvalue weighted by atomic mass is 35.5. The fourth-order valence-corrected chi connectivity index (χ4v) is 4.26. The van der Waals surface area contributed by atoms with E-state index in [1.807, 2.05) is 24.0 Å². The topological polar surface area (TPSA) is 65.5 Å². The van der Waals surface area contributed by atoms with Crippen LogP contribution in [0.4, 0.5) is 11.6 Å². The van der Waals surface area contributed by atoms with Crippen LogP contribution in [0.25, 0.3) is 0 Å². The van der Waals surface area contributed by atoms with Gasteiger partial charge in [0.25, 0.3) is 5.91 Å². The summed E-state index contributed by atoms with van der Waals surface area (Å²) in [5, 5.41) is 9.01. The van der Waals surface area contributed by atoms with Gasteiger partial charge in [0.05, 0.1) is 16.3 Å². The van der Waals surface area contributed by atoms with Crippen molar-refractivity contribution in [3.63, 3.8) is 0 Å². The predicted molar refractivity (Wildman–Crippen MR) is 115 cm³/mol. The summed E-state index contributed by atoms with van der Waals surface area (Å²) in [6, 6.07) is 5.78. The minimum absolute atomic E-state index is 0.0330. The summed E-state index contributed by atoms with van der Waals surface area (Å²) in [6.07, 6.45) is 5.98. The molecular weight excluding hydrogens is 388 g/mol. The Hall–Kier alpha value is -2.41. The number of likely N-dealkylation sites (tertiary alicyclic amines) is 1. The largest absolute Gasteiger partial charge is 0.354 e. The van der Waals surface area contributed by atoms with Gasteiger partial charge in [0, 0.05) is 45.5 Å². The van der Waals surface area contributed by atoms with Gasteiger partial charge < -0.3 is 14.7 Å². The molecule has 1 amide bonds. The highest BCUT2D eigenvalue weighted by molar-refractivity contribution is 6.33. The number of carbonyl (C=O) groups is 1. The van der Waals surface area contributed by atoms with Crippen molar-refractivity contribution in [1.29, 1.82) is 0 Å². The van der Waals surface area contributed by atoms with Gasteiger partial charge in [-0.15, -0.1) is 5.10 Å². The molecule has 0 aliphatic carbocycles. The first kappa shape index (κ1) is 19.9. The number of carbonyl (C=O) groups excluding carboxylic acids is 1. The van der Waals surface area contributed by atoms with Crippen LogP contribution in [0.1, 0.15) is 41.7 Å². The van der Waals surface area contributed by atoms with Crippen molar-refractivity contribution in [2.75, 3.05) is 49.1 Å². The van der Waals surface area contributed by atoms with Crippen LogP contribution in [0, 0.1) is 6.92 Å². The molecule has 0 spiro atoms. The third-order valence-corrected chi connectivity index (χ3v) is 5.89. The minimum atomic E-state index is 0.0330. The van der Waals surface area contributed by atoms with Crippen molar-refractivity contribution < 1.29 is 4.79 Å². The Bertz CT molecular complexity index is 853. The van der Waals surface area contributed by atoms with Crippen LogP contribution in [0.5, 0.6) is 0 Å². The molecule has 7 nitrogen and oxygen atoms in total. The highest BCUT2D eigenvalue weighted by Gasteiger charge is 2.22. The summed E-state index contributed by atoms with van der Waals surface area (Å²) in [4.78, 5) is 23.6. The number of rotatable bonds is 3. The zero-order chi connectivity index (χ0) is 20.2. The maximum Gasteiger partial charge on any atom is 0.255 e. The molecule has 0 radical (unpaired) electrons. The van der Waals surface area contributed by atoms with Gasteiger partial charge >= 0.3 is 0 Å². The number of amides is 1. The van der Waals surface area contributed by atoms with Crippen LogP contribution >= 0.6 is 11.6 Å². The van der Waals surface area contributed by atoms with E-state index in [-0.39, 0.29) is 5.91 Å². The van der Waals surface area contributed by atoms with Gasteiger partial charge in [-0.05, 0) is 50.8 Å². The molecule has 2 fully saturated rings. The van der Waals surface area contributed by atoms with Crippen LogP contribution in [-0.2, 0) is 0 Å². The number of halogens is 1. The van der Waals surface area contributed by atoms with E-state index in [0.29, 0.717) is 10.6 Å². The fraction of sp³-hybridized carbons (Fsp3) is 0.524. The van der Waals surface area contributed by atoms with Crippen LogP contribution in [-0.4, -0.2) is 65.3 Å². The Kier molecular flexibility index (Phi) is 6.13. The summed E-state index contributed by atoms with van der Waals surface area (Å²) in [7, 11) is 0. The SMILES string of the molecule is Cc1ccc(N2CCCN(c3ncc(C(=O)N4CCCCC4)cc3Cl)CC2)nn1. The summed E-state index contributed by atoms with van der Waals surface area (Å²) < 4.78 is 0. The Labute approximate surface area is 176 Å². The second-order valence-electron chi connectivity index (χ2n) is 7.74. The zero-order valence-electron chi connectivity index (χ0n) is 16.8. The molecule has 0 atom stereocenters. The van der Waals surface area contributed by atoms with Gasteiger partial charge in [0.15, 0.2) is 5.82 Å². The predicted octanol–water partition coefficient (Wildman–Crippen LogP) is 3.18. The molecule has 0 saturated carbocycles. The summed E-state index contributed by atoms with van der Waals surface area (Å²) >= 11 is 6.56. The van der Waals surface area contributed by atoms with Crippen LogP contribution in [0.2, 0.25) is 5.02 Å². The van der Waals surface area contributed by atoms with Crippen molar-refractivity contribution in [1.82, 2.24) is 20.1 Å². The molecule has 2 saturated heterocycles. The van der Waals surface area contributed by atoms with E-state index in [0.717, 1.165) is 75.9 Å². The van der Waals surface area contributed by atoms with Gasteiger partial charge in [-0.1, -0.05) is 11.6 Å². The third kappa shape index (κ3) is 4.61. The first-order valence-corrected chi connectivity index (χ1v) is 10.7. The number of aryl methyl sites for hydroxylation is 1. The molecule has 2 aliphatic heterocycles. The smallest absolute Gasteiger partial charge is 0.255 e. The van der Waals surface area contributed by atoms with Gasteiger partial charge in [-0.3, -0.25) is 4.79 Å². The Morgan fingerprint density at radius 3 is 2.41 bits per heavy atom. The second kappa shape index (κ2) is 8.95. The van der Waals surface area contributed by atoms with Crippen LogP contribution in [0.3, 0.4) is 0 Å². The van der Waals surface area contributed by atoms with Crippen molar-refractivity contribution in [2.24, 2.45) is 0 Å². The normalized spacial score (nSPS) is 17.9. The van der Waals surface area contributed by atoms with Gasteiger partial charge in [0.1, 0.15) is 5.82 Å². The molecule has 2 aromatic rings. The lowest BCUT2D eigenvalue weighted by atomic mass is 10.1. The van der Waals surface area contributed by atoms with Gasteiger partial charge in [-0.25, -0.2) is 4.98 Å². The van der Waals surface area contributed by atoms with Gasteiger partial charge in [-0.2, -0.15) is 5.10 Å². The maximum absolute atomic E-state index is 12.7. The molecule has 154 valence electrons. The molecule has 2 aromatic heterocycles. The van der Waals surface area contributed by atoms with E-state index in [1.165, 1.54) is 6.42 Å². The highest BCUT2D eigenvalue weighted by Crippen LogP contribution is 2.26. The van der Waals surface area contributed by atoms with E-state index in [2.05, 4.69) is 25.0 Å². The Balaban J connectivity index is 1.44. The van der Waals surface area contributed by atoms with Crippen LogP contribution in [0.15, 0.2) is 24.4 Å². The lowest BCUT2D eigenvalue weighted by Gasteiger charge is -2.27. The number of pyridine rings is 1. The summed E-state index contributed by atoms with van der Waals surface area (Å²) in [5.74, 6) is 1.68. The molecule has 29 heavy (non-hydrogen) atoms. The molecule has 2 aliphatic rings. The molecular formula is C21H27ClN6O. The third-order valence-electron chi connectivity index (χ3n) is 5.62. The van der Waals surface area contributed by atoms with E-state index >= 15 is 0 Å². The quantitative estimate of drug-likeness (QED) is 0.768. The molecule has 4 heterocycles. The Morgan fingerprint density at radius 1 is 0.931 bits per heavy atom. The molecule has 0 unspecified atom stereocenters. The van der Waals surface area contributed by atoms with Crippen molar-refractivity contribution in [3.8, 4) is 0 Å². The Morgan fingerprint density at radius 2 is 1.69 bits per heavy atom. The fourth-order valence-electron chi connectivity index (χ4n) is 3.98. The standard InChI is InChI=1S/C21H27ClN6O/c1-16-6-7-19(25-24-16)26-10-5-11-27(13-12-26)20-18(22)14-17(15-23-20)21(29)28-8-3-2-4-9-28/h6-7,14-15H,2-5,8-13H2,1H3. The number of nitrogens with zero attached hydrogens (tertiary/aromatic N) is 6. The maximum atomic E-state index is 12.7. The van der Waals surface area contributed by atoms with Crippen molar-refractivity contribution in [3.05, 3.63) is 40.7 Å². The summed E-state index contributed by atoms with van der Waals surface area (Å²) in [6.45, 7) is 6.98. The molecule has 8 heteroatoms. The minimum Gasteiger partial charge on any atom is -0.354 e. The average molecular weight is 415 g/mol. The average Bonchev–Trinajstić information content (AvgIpc) is 3.00. The monoisotopic (exact) mass is 414 g/mol. The number of hydrogen-bond donors (Lipinski definition) is 0. The first-order chi connectivity index (χ1) is 14.1. The lowest BCUT2D eigenvalue weighted by Crippen LogP contribution is -2.36. The number of piperidine rings is 1. The zero-order valence-corrected chi connectivity index (χ0v) is 17.6. The van der Waals surface area contributed by atoms with Gasteiger partial charge in [0.2, 0.25) is 0 Å². The van der Waals surface area contributed by atoms with E-state index in [4.69, 9.17) is 11.6 Å². The number of aromatic nitrogens is 3. The molecule has 0 N–H and O–H groups in total. The van der Waals surface area contributed by atoms with E-state index in [9.17, 15) is 4.79 Å². The molecule has 4 rings (SSSR count). The van der Waals surface area contributed by atoms with E-state index in [1.54, 1.807) is 12.3 Å². The van der Waals surface area contributed by atoms with Crippen LogP contribution < -0.4 is 9.80 Å².